The number of carbonyl (C=O) groups is 1. The fourth-order valence-electron chi connectivity index (χ4n) is 2.30. The minimum absolute atomic E-state index is 0.0854. The number of fused-ring (bicyclic) bond motifs is 1. The van der Waals surface area contributed by atoms with Crippen LogP contribution in [0.4, 0.5) is 0 Å². The average Bonchev–Trinajstić information content (AvgIpc) is 2.25. The summed E-state index contributed by atoms with van der Waals surface area (Å²) < 4.78 is 5.15. The van der Waals surface area contributed by atoms with Gasteiger partial charge in [0.25, 0.3) is 0 Å². The second-order valence-corrected chi connectivity index (χ2v) is 4.98. The standard InChI is InChI=1S/C13H17NO2/c1-13(2)7-11(14)10-6-8(16-3)4-5-9(10)12(13)15/h4-6,11H,7,14H2,1-3H3. The summed E-state index contributed by atoms with van der Waals surface area (Å²) in [4.78, 5) is 12.2. The molecule has 1 atom stereocenters. The van der Waals surface area contributed by atoms with E-state index < -0.39 is 0 Å². The lowest BCUT2D eigenvalue weighted by molar-refractivity contribution is 0.0795. The molecule has 0 radical (unpaired) electrons. The Morgan fingerprint density at radius 3 is 2.75 bits per heavy atom. The average molecular weight is 219 g/mol. The first-order valence-electron chi connectivity index (χ1n) is 5.44. The van der Waals surface area contributed by atoms with Gasteiger partial charge < -0.3 is 10.5 Å². The Hall–Kier alpha value is -1.35. The lowest BCUT2D eigenvalue weighted by atomic mass is 9.71. The number of hydrogen-bond donors (Lipinski definition) is 1. The van der Waals surface area contributed by atoms with Crippen LogP contribution < -0.4 is 10.5 Å². The first kappa shape index (κ1) is 11.1. The van der Waals surface area contributed by atoms with Gasteiger partial charge in [0, 0.05) is 17.0 Å². The second kappa shape index (κ2) is 3.59. The Morgan fingerprint density at radius 1 is 1.44 bits per heavy atom. The highest BCUT2D eigenvalue weighted by Gasteiger charge is 2.37. The molecule has 0 saturated carbocycles. The van der Waals surface area contributed by atoms with E-state index in [0.29, 0.717) is 6.42 Å². The van der Waals surface area contributed by atoms with Crippen molar-refractivity contribution in [2.75, 3.05) is 7.11 Å². The Kier molecular flexibility index (Phi) is 2.50. The van der Waals surface area contributed by atoms with Crippen LogP contribution in [0.5, 0.6) is 5.75 Å². The van der Waals surface area contributed by atoms with Crippen LogP contribution in [0.1, 0.15) is 42.2 Å². The molecule has 0 fully saturated rings. The first-order valence-corrected chi connectivity index (χ1v) is 5.44. The highest BCUT2D eigenvalue weighted by molar-refractivity contribution is 6.02. The Balaban J connectivity index is 2.54. The predicted molar refractivity (Wildman–Crippen MR) is 62.7 cm³/mol. The molecule has 0 saturated heterocycles. The van der Waals surface area contributed by atoms with Gasteiger partial charge >= 0.3 is 0 Å². The van der Waals surface area contributed by atoms with Crippen LogP contribution in [0.25, 0.3) is 0 Å². The smallest absolute Gasteiger partial charge is 0.168 e. The van der Waals surface area contributed by atoms with Gasteiger partial charge in [0.1, 0.15) is 5.75 Å². The highest BCUT2D eigenvalue weighted by atomic mass is 16.5. The number of ether oxygens (including phenoxy) is 1. The van der Waals surface area contributed by atoms with Crippen LogP contribution in [0.2, 0.25) is 0 Å². The molecular formula is C13H17NO2. The SMILES string of the molecule is COc1ccc2c(c1)C(N)CC(C)(C)C2=O. The van der Waals surface area contributed by atoms with E-state index in [-0.39, 0.29) is 17.2 Å². The summed E-state index contributed by atoms with van der Waals surface area (Å²) in [6, 6.07) is 5.41. The van der Waals surface area contributed by atoms with E-state index in [1.165, 1.54) is 0 Å². The quantitative estimate of drug-likeness (QED) is 0.788. The number of nitrogens with two attached hydrogens (primary N) is 1. The molecule has 0 aliphatic heterocycles. The van der Waals surface area contributed by atoms with Crippen molar-refractivity contribution >= 4 is 5.78 Å². The van der Waals surface area contributed by atoms with Crippen LogP contribution >= 0.6 is 0 Å². The van der Waals surface area contributed by atoms with E-state index in [9.17, 15) is 4.79 Å². The molecule has 2 rings (SSSR count). The van der Waals surface area contributed by atoms with Crippen molar-refractivity contribution in [2.24, 2.45) is 11.1 Å². The van der Waals surface area contributed by atoms with E-state index in [4.69, 9.17) is 10.5 Å². The lowest BCUT2D eigenvalue weighted by Crippen LogP contribution is -2.35. The molecule has 1 aromatic rings. The molecule has 0 heterocycles. The molecule has 0 bridgehead atoms. The summed E-state index contributed by atoms with van der Waals surface area (Å²) in [5.74, 6) is 0.925. The van der Waals surface area contributed by atoms with Gasteiger partial charge in [-0.15, -0.1) is 0 Å². The molecule has 0 amide bonds. The maximum atomic E-state index is 12.2. The van der Waals surface area contributed by atoms with Gasteiger partial charge in [0.2, 0.25) is 0 Å². The maximum Gasteiger partial charge on any atom is 0.168 e. The molecule has 3 nitrogen and oxygen atoms in total. The summed E-state index contributed by atoms with van der Waals surface area (Å²) in [5.41, 5.74) is 7.39. The number of hydrogen-bond acceptors (Lipinski definition) is 3. The van der Waals surface area contributed by atoms with E-state index >= 15 is 0 Å². The molecule has 16 heavy (non-hydrogen) atoms. The number of Topliss-reactive ketones (excluding diaryl/α,β-unsaturated/α-hetero) is 1. The summed E-state index contributed by atoms with van der Waals surface area (Å²) in [6.07, 6.45) is 0.687. The Labute approximate surface area is 95.6 Å². The molecule has 1 aliphatic carbocycles. The molecular weight excluding hydrogens is 202 g/mol. The topological polar surface area (TPSA) is 52.3 Å². The van der Waals surface area contributed by atoms with Crippen LogP contribution in [0.3, 0.4) is 0 Å². The Morgan fingerprint density at radius 2 is 2.12 bits per heavy atom. The van der Waals surface area contributed by atoms with Crippen LogP contribution in [-0.2, 0) is 0 Å². The zero-order chi connectivity index (χ0) is 11.9. The molecule has 2 N–H and O–H groups in total. The third-order valence-electron chi connectivity index (χ3n) is 3.25. The summed E-state index contributed by atoms with van der Waals surface area (Å²) in [6.45, 7) is 3.89. The summed E-state index contributed by atoms with van der Waals surface area (Å²) in [5, 5.41) is 0. The molecule has 1 unspecified atom stereocenters. The summed E-state index contributed by atoms with van der Waals surface area (Å²) in [7, 11) is 1.61. The van der Waals surface area contributed by atoms with Gasteiger partial charge in [-0.1, -0.05) is 13.8 Å². The fraction of sp³-hybridized carbons (Fsp3) is 0.462. The summed E-state index contributed by atoms with van der Waals surface area (Å²) >= 11 is 0. The maximum absolute atomic E-state index is 12.2. The molecule has 1 aliphatic rings. The fourth-order valence-corrected chi connectivity index (χ4v) is 2.30. The van der Waals surface area contributed by atoms with Crippen molar-refractivity contribution in [3.63, 3.8) is 0 Å². The number of benzene rings is 1. The van der Waals surface area contributed by atoms with Crippen LogP contribution in [-0.4, -0.2) is 12.9 Å². The molecule has 86 valence electrons. The highest BCUT2D eigenvalue weighted by Crippen LogP contribution is 2.40. The minimum atomic E-state index is -0.360. The second-order valence-electron chi connectivity index (χ2n) is 4.98. The third kappa shape index (κ3) is 1.61. The van der Waals surface area contributed by atoms with Gasteiger partial charge in [-0.25, -0.2) is 0 Å². The molecule has 3 heteroatoms. The first-order chi connectivity index (χ1) is 7.45. The third-order valence-corrected chi connectivity index (χ3v) is 3.25. The van der Waals surface area contributed by atoms with Crippen molar-refractivity contribution in [3.05, 3.63) is 29.3 Å². The van der Waals surface area contributed by atoms with Gasteiger partial charge in [-0.3, -0.25) is 4.79 Å². The largest absolute Gasteiger partial charge is 0.497 e. The zero-order valence-corrected chi connectivity index (χ0v) is 9.91. The lowest BCUT2D eigenvalue weighted by Gasteiger charge is -2.33. The van der Waals surface area contributed by atoms with Gasteiger partial charge in [-0.05, 0) is 30.2 Å². The van der Waals surface area contributed by atoms with E-state index in [1.807, 2.05) is 32.0 Å². The van der Waals surface area contributed by atoms with Gasteiger partial charge in [0.15, 0.2) is 5.78 Å². The number of carbonyl (C=O) groups excluding carboxylic acids is 1. The molecule has 0 aromatic heterocycles. The van der Waals surface area contributed by atoms with Gasteiger partial charge in [-0.2, -0.15) is 0 Å². The van der Waals surface area contributed by atoms with Gasteiger partial charge in [0.05, 0.1) is 7.11 Å². The van der Waals surface area contributed by atoms with Crippen molar-refractivity contribution < 1.29 is 9.53 Å². The van der Waals surface area contributed by atoms with Crippen LogP contribution in [0.15, 0.2) is 18.2 Å². The number of ketones is 1. The van der Waals surface area contributed by atoms with Crippen molar-refractivity contribution in [3.8, 4) is 5.75 Å². The van der Waals surface area contributed by atoms with E-state index in [1.54, 1.807) is 7.11 Å². The number of rotatable bonds is 1. The predicted octanol–water partition coefficient (Wildman–Crippen LogP) is 2.31. The molecule has 1 aromatic carbocycles. The minimum Gasteiger partial charge on any atom is -0.497 e. The van der Waals surface area contributed by atoms with Crippen molar-refractivity contribution in [1.82, 2.24) is 0 Å². The zero-order valence-electron chi connectivity index (χ0n) is 9.91. The number of methoxy groups -OCH3 is 1. The van der Waals surface area contributed by atoms with E-state index in [2.05, 4.69) is 0 Å². The monoisotopic (exact) mass is 219 g/mol. The Bertz CT molecular complexity index is 438. The molecule has 0 spiro atoms. The normalized spacial score (nSPS) is 22.8. The van der Waals surface area contributed by atoms with Crippen LogP contribution in [0, 0.1) is 5.41 Å². The van der Waals surface area contributed by atoms with Crippen molar-refractivity contribution in [1.29, 1.82) is 0 Å². The van der Waals surface area contributed by atoms with E-state index in [0.717, 1.165) is 16.9 Å². The van der Waals surface area contributed by atoms with Crippen molar-refractivity contribution in [2.45, 2.75) is 26.3 Å².